The second kappa shape index (κ2) is 7.01. The topological polar surface area (TPSA) is 55.2 Å². The van der Waals surface area contributed by atoms with E-state index in [1.807, 2.05) is 12.1 Å². The summed E-state index contributed by atoms with van der Waals surface area (Å²) in [5.74, 6) is 0.739. The highest BCUT2D eigenvalue weighted by Crippen LogP contribution is 2.25. The Morgan fingerprint density at radius 1 is 1.32 bits per heavy atom. The third kappa shape index (κ3) is 4.28. The summed E-state index contributed by atoms with van der Waals surface area (Å²) in [6.45, 7) is 1.54. The molecular weight excluding hydrogens is 308 g/mol. The summed E-state index contributed by atoms with van der Waals surface area (Å²) in [5, 5.41) is 14.4. The van der Waals surface area contributed by atoms with Gasteiger partial charge in [0, 0.05) is 22.6 Å². The molecule has 0 radical (unpaired) electrons. The van der Waals surface area contributed by atoms with Gasteiger partial charge in [-0.05, 0) is 37.4 Å². The number of nitrogens with one attached hydrogen (secondary N) is 1. The standard InChI is InChI=1S/C14H19BrN2O2/c15-13-7-6-12(14(8-13)17(18)19)10-16-9-11-4-2-1-3-5-11/h6-8,11,16H,1-5,9-10H2. The molecule has 1 saturated carbocycles. The van der Waals surface area contributed by atoms with Crippen LogP contribution >= 0.6 is 15.9 Å². The quantitative estimate of drug-likeness (QED) is 0.656. The largest absolute Gasteiger partial charge is 0.312 e. The molecule has 1 aromatic carbocycles. The molecule has 2 rings (SSSR count). The van der Waals surface area contributed by atoms with Crippen molar-refractivity contribution in [3.8, 4) is 0 Å². The molecule has 0 unspecified atom stereocenters. The number of nitro benzene ring substituents is 1. The van der Waals surface area contributed by atoms with Crippen LogP contribution in [0.5, 0.6) is 0 Å². The van der Waals surface area contributed by atoms with Gasteiger partial charge in [-0.15, -0.1) is 0 Å². The summed E-state index contributed by atoms with van der Waals surface area (Å²) in [4.78, 5) is 10.7. The Morgan fingerprint density at radius 3 is 2.74 bits per heavy atom. The lowest BCUT2D eigenvalue weighted by atomic mass is 9.89. The van der Waals surface area contributed by atoms with Crippen LogP contribution in [0, 0.1) is 16.0 Å². The second-order valence-corrected chi connectivity index (χ2v) is 6.08. The summed E-state index contributed by atoms with van der Waals surface area (Å²) in [7, 11) is 0. The summed E-state index contributed by atoms with van der Waals surface area (Å²) >= 11 is 3.27. The van der Waals surface area contributed by atoms with Crippen LogP contribution in [-0.2, 0) is 6.54 Å². The van der Waals surface area contributed by atoms with Gasteiger partial charge < -0.3 is 5.32 Å². The van der Waals surface area contributed by atoms with Gasteiger partial charge in [-0.2, -0.15) is 0 Å². The van der Waals surface area contributed by atoms with Gasteiger partial charge in [0.2, 0.25) is 0 Å². The van der Waals surface area contributed by atoms with Crippen molar-refractivity contribution in [2.45, 2.75) is 38.6 Å². The molecule has 1 N–H and O–H groups in total. The van der Waals surface area contributed by atoms with Gasteiger partial charge in [0.1, 0.15) is 0 Å². The molecule has 104 valence electrons. The lowest BCUT2D eigenvalue weighted by Gasteiger charge is -2.21. The number of halogens is 1. The Balaban J connectivity index is 1.89. The molecule has 0 atom stereocenters. The van der Waals surface area contributed by atoms with E-state index < -0.39 is 0 Å². The van der Waals surface area contributed by atoms with E-state index >= 15 is 0 Å². The smallest absolute Gasteiger partial charge is 0.275 e. The molecule has 0 spiro atoms. The Kier molecular flexibility index (Phi) is 5.34. The first kappa shape index (κ1) is 14.5. The van der Waals surface area contributed by atoms with E-state index in [0.717, 1.165) is 22.5 Å². The first-order chi connectivity index (χ1) is 9.16. The van der Waals surface area contributed by atoms with Gasteiger partial charge in [0.25, 0.3) is 5.69 Å². The highest BCUT2D eigenvalue weighted by molar-refractivity contribution is 9.10. The maximum Gasteiger partial charge on any atom is 0.275 e. The Labute approximate surface area is 121 Å². The molecule has 0 bridgehead atoms. The van der Waals surface area contributed by atoms with E-state index in [-0.39, 0.29) is 10.6 Å². The van der Waals surface area contributed by atoms with Crippen molar-refractivity contribution >= 4 is 21.6 Å². The van der Waals surface area contributed by atoms with Crippen molar-refractivity contribution < 1.29 is 4.92 Å². The van der Waals surface area contributed by atoms with Crippen molar-refractivity contribution in [3.05, 3.63) is 38.3 Å². The third-order valence-corrected chi connectivity index (χ3v) is 4.21. The number of nitrogens with zero attached hydrogens (tertiary/aromatic N) is 1. The van der Waals surface area contributed by atoms with Crippen molar-refractivity contribution in [3.63, 3.8) is 0 Å². The highest BCUT2D eigenvalue weighted by atomic mass is 79.9. The van der Waals surface area contributed by atoms with Crippen LogP contribution in [0.25, 0.3) is 0 Å². The zero-order chi connectivity index (χ0) is 13.7. The lowest BCUT2D eigenvalue weighted by Crippen LogP contribution is -2.24. The SMILES string of the molecule is O=[N+]([O-])c1cc(Br)ccc1CNCC1CCCCC1. The number of benzene rings is 1. The fourth-order valence-corrected chi connectivity index (χ4v) is 3.01. The molecule has 0 amide bonds. The third-order valence-electron chi connectivity index (χ3n) is 3.72. The van der Waals surface area contributed by atoms with E-state index in [9.17, 15) is 10.1 Å². The first-order valence-corrected chi connectivity index (χ1v) is 7.59. The number of hydrogen-bond acceptors (Lipinski definition) is 3. The maximum atomic E-state index is 11.0. The fourth-order valence-electron chi connectivity index (χ4n) is 2.66. The van der Waals surface area contributed by atoms with Crippen LogP contribution in [0.2, 0.25) is 0 Å². The summed E-state index contributed by atoms with van der Waals surface area (Å²) in [6.07, 6.45) is 6.58. The molecule has 1 aromatic rings. The van der Waals surface area contributed by atoms with E-state index in [0.29, 0.717) is 6.54 Å². The van der Waals surface area contributed by atoms with Crippen molar-refractivity contribution in [2.24, 2.45) is 5.92 Å². The van der Waals surface area contributed by atoms with Crippen LogP contribution in [0.15, 0.2) is 22.7 Å². The van der Waals surface area contributed by atoms with Gasteiger partial charge in [0.15, 0.2) is 0 Å². The Bertz CT molecular complexity index is 445. The molecule has 1 aliphatic rings. The molecule has 4 nitrogen and oxygen atoms in total. The van der Waals surface area contributed by atoms with E-state index in [1.165, 1.54) is 32.1 Å². The molecule has 0 aliphatic heterocycles. The fraction of sp³-hybridized carbons (Fsp3) is 0.571. The van der Waals surface area contributed by atoms with Crippen molar-refractivity contribution in [2.75, 3.05) is 6.54 Å². The van der Waals surface area contributed by atoms with Crippen LogP contribution in [0.1, 0.15) is 37.7 Å². The number of rotatable bonds is 5. The van der Waals surface area contributed by atoms with Gasteiger partial charge in [-0.1, -0.05) is 35.2 Å². The molecule has 1 fully saturated rings. The molecule has 5 heteroatoms. The summed E-state index contributed by atoms with van der Waals surface area (Å²) in [5.41, 5.74) is 0.939. The van der Waals surface area contributed by atoms with Crippen LogP contribution in [-0.4, -0.2) is 11.5 Å². The van der Waals surface area contributed by atoms with Gasteiger partial charge in [-0.25, -0.2) is 0 Å². The minimum Gasteiger partial charge on any atom is -0.312 e. The lowest BCUT2D eigenvalue weighted by molar-refractivity contribution is -0.385. The van der Waals surface area contributed by atoms with Crippen LogP contribution < -0.4 is 5.32 Å². The minimum absolute atomic E-state index is 0.186. The molecule has 0 aromatic heterocycles. The molecule has 19 heavy (non-hydrogen) atoms. The summed E-state index contributed by atoms with van der Waals surface area (Å²) < 4.78 is 0.746. The molecule has 1 aliphatic carbocycles. The maximum absolute atomic E-state index is 11.0. The number of nitro groups is 1. The molecule has 0 saturated heterocycles. The van der Waals surface area contributed by atoms with Crippen LogP contribution in [0.4, 0.5) is 5.69 Å². The van der Waals surface area contributed by atoms with Crippen molar-refractivity contribution in [1.29, 1.82) is 0 Å². The predicted octanol–water partition coefficient (Wildman–Crippen LogP) is 4.03. The number of hydrogen-bond donors (Lipinski definition) is 1. The van der Waals surface area contributed by atoms with Crippen LogP contribution in [0.3, 0.4) is 0 Å². The van der Waals surface area contributed by atoms with E-state index in [1.54, 1.807) is 6.07 Å². The zero-order valence-electron chi connectivity index (χ0n) is 10.9. The van der Waals surface area contributed by atoms with Crippen molar-refractivity contribution in [1.82, 2.24) is 5.32 Å². The zero-order valence-corrected chi connectivity index (χ0v) is 12.5. The van der Waals surface area contributed by atoms with Gasteiger partial charge >= 0.3 is 0 Å². The highest BCUT2D eigenvalue weighted by Gasteiger charge is 2.16. The minimum atomic E-state index is -0.317. The van der Waals surface area contributed by atoms with Gasteiger partial charge in [-0.3, -0.25) is 10.1 Å². The molecule has 0 heterocycles. The molecular formula is C14H19BrN2O2. The van der Waals surface area contributed by atoms with E-state index in [2.05, 4.69) is 21.2 Å². The average molecular weight is 327 g/mol. The normalized spacial score (nSPS) is 16.5. The Hall–Kier alpha value is -0.940. The average Bonchev–Trinajstić information content (AvgIpc) is 2.41. The Morgan fingerprint density at radius 2 is 2.05 bits per heavy atom. The van der Waals surface area contributed by atoms with Gasteiger partial charge in [0.05, 0.1) is 4.92 Å². The predicted molar refractivity (Wildman–Crippen MR) is 79.1 cm³/mol. The second-order valence-electron chi connectivity index (χ2n) is 5.17. The summed E-state index contributed by atoms with van der Waals surface area (Å²) in [6, 6.07) is 5.23. The monoisotopic (exact) mass is 326 g/mol. The van der Waals surface area contributed by atoms with E-state index in [4.69, 9.17) is 0 Å². The first-order valence-electron chi connectivity index (χ1n) is 6.80.